The fourth-order valence-corrected chi connectivity index (χ4v) is 5.61. The van der Waals surface area contributed by atoms with Crippen LogP contribution in [0.25, 0.3) is 0 Å². The van der Waals surface area contributed by atoms with E-state index in [1.807, 2.05) is 0 Å². The number of nitrogens with two attached hydrogens (primary N) is 2. The molecule has 0 bridgehead atoms. The van der Waals surface area contributed by atoms with Crippen molar-refractivity contribution in [2.24, 2.45) is 11.7 Å². The molecule has 6 atom stereocenters. The van der Waals surface area contributed by atoms with E-state index in [0.717, 1.165) is 17.6 Å². The van der Waals surface area contributed by atoms with Crippen molar-refractivity contribution in [3.05, 3.63) is 83.9 Å². The number of aromatic amines is 1. The molecule has 15 nitrogen and oxygen atoms in total. The first kappa shape index (κ1) is 42.1. The molecule has 3 rings (SSSR count). The number of anilines is 1. The maximum absolute atomic E-state index is 14.7. The van der Waals surface area contributed by atoms with Crippen LogP contribution in [0.3, 0.4) is 0 Å². The van der Waals surface area contributed by atoms with E-state index in [4.69, 9.17) is 20.9 Å². The summed E-state index contributed by atoms with van der Waals surface area (Å²) in [5, 5.41) is 16.4. The summed E-state index contributed by atoms with van der Waals surface area (Å²) < 4.78 is 10.5. The number of carbonyl (C=O) groups is 5. The van der Waals surface area contributed by atoms with Crippen molar-refractivity contribution in [3.8, 4) is 0 Å². The standard InChI is InChI=1S/C38H53N7O8/c1-7-23(2)33(36(50)52-6)45(32(47)20-31(46)28(40)17-25-13-15-26(39)16-14-25)35(49)30(19-27-21-41-22-42-27)43-34(48)29(18-24-11-9-8-10-12-24)44-37(51)53-38(3,4)5/h8-16,21-23,28-31,33,46H,7,17-20,39-40H2,1-6H3,(H,41,42)(H,43,48)(H,44,51)/t23-,28-,29-,30-,31?,33-/m0/s1. The highest BCUT2D eigenvalue weighted by Gasteiger charge is 2.43. The zero-order valence-corrected chi connectivity index (χ0v) is 31.2. The van der Waals surface area contributed by atoms with E-state index in [-0.39, 0.29) is 19.3 Å². The SMILES string of the molecule is CC[C@H](C)[C@@H](C(=O)OC)N(C(=O)CC(O)[C@@H](N)Cc1ccc(N)cc1)C(=O)[C@H](Cc1cnc[nH]1)NC(=O)[C@H](Cc1ccccc1)NC(=O)OC(C)(C)C. The molecule has 0 aliphatic rings. The molecule has 15 heteroatoms. The lowest BCUT2D eigenvalue weighted by molar-refractivity contribution is -0.164. The fourth-order valence-electron chi connectivity index (χ4n) is 5.61. The normalized spacial score (nSPS) is 14.8. The predicted molar refractivity (Wildman–Crippen MR) is 198 cm³/mol. The molecule has 0 spiro atoms. The van der Waals surface area contributed by atoms with E-state index in [1.165, 1.54) is 12.5 Å². The summed E-state index contributed by atoms with van der Waals surface area (Å²) in [4.78, 5) is 76.9. The maximum Gasteiger partial charge on any atom is 0.408 e. The average Bonchev–Trinajstić information content (AvgIpc) is 3.62. The number of aliphatic hydroxyl groups is 1. The first-order valence-corrected chi connectivity index (χ1v) is 17.6. The molecule has 2 aromatic carbocycles. The van der Waals surface area contributed by atoms with Gasteiger partial charge in [0.05, 0.1) is 26.0 Å². The molecule has 3 aromatic rings. The lowest BCUT2D eigenvalue weighted by Gasteiger charge is -2.35. The van der Waals surface area contributed by atoms with E-state index in [0.29, 0.717) is 23.4 Å². The molecular formula is C38H53N7O8. The number of nitrogen functional groups attached to an aromatic ring is 1. The van der Waals surface area contributed by atoms with Gasteiger partial charge in [0.25, 0.3) is 5.91 Å². The minimum absolute atomic E-state index is 0.0370. The van der Waals surface area contributed by atoms with Crippen molar-refractivity contribution in [2.45, 2.75) is 103 Å². The van der Waals surface area contributed by atoms with E-state index in [1.54, 1.807) is 89.2 Å². The molecule has 288 valence electrons. The van der Waals surface area contributed by atoms with Gasteiger partial charge in [-0.2, -0.15) is 0 Å². The van der Waals surface area contributed by atoms with Crippen molar-refractivity contribution in [1.82, 2.24) is 25.5 Å². The summed E-state index contributed by atoms with van der Waals surface area (Å²) in [6.45, 7) is 8.51. The summed E-state index contributed by atoms with van der Waals surface area (Å²) in [7, 11) is 1.14. The van der Waals surface area contributed by atoms with Crippen LogP contribution >= 0.6 is 0 Å². The van der Waals surface area contributed by atoms with E-state index in [9.17, 15) is 29.1 Å². The number of hydrogen-bond donors (Lipinski definition) is 6. The summed E-state index contributed by atoms with van der Waals surface area (Å²) in [6, 6.07) is 10.8. The Labute approximate surface area is 310 Å². The van der Waals surface area contributed by atoms with Crippen LogP contribution in [0.15, 0.2) is 67.1 Å². The largest absolute Gasteiger partial charge is 0.467 e. The van der Waals surface area contributed by atoms with Crippen LogP contribution in [-0.4, -0.2) is 92.7 Å². The van der Waals surface area contributed by atoms with Gasteiger partial charge in [-0.25, -0.2) is 14.6 Å². The Hall–Kier alpha value is -5.28. The Bertz CT molecular complexity index is 1640. The van der Waals surface area contributed by atoms with Crippen LogP contribution in [0.1, 0.15) is 64.3 Å². The third kappa shape index (κ3) is 13.0. The number of rotatable bonds is 17. The second kappa shape index (κ2) is 19.5. The van der Waals surface area contributed by atoms with Gasteiger partial charge in [0.15, 0.2) is 0 Å². The highest BCUT2D eigenvalue weighted by Crippen LogP contribution is 2.22. The summed E-state index contributed by atoms with van der Waals surface area (Å²) in [5.74, 6) is -4.04. The Morgan fingerprint density at radius 3 is 2.15 bits per heavy atom. The van der Waals surface area contributed by atoms with Crippen LogP contribution in [0, 0.1) is 5.92 Å². The van der Waals surface area contributed by atoms with Gasteiger partial charge in [-0.1, -0.05) is 62.7 Å². The summed E-state index contributed by atoms with van der Waals surface area (Å²) in [5.41, 5.74) is 13.7. The van der Waals surface area contributed by atoms with Crippen molar-refractivity contribution in [1.29, 1.82) is 0 Å². The van der Waals surface area contributed by atoms with Crippen LogP contribution in [0.2, 0.25) is 0 Å². The number of aromatic nitrogens is 2. The van der Waals surface area contributed by atoms with E-state index in [2.05, 4.69) is 20.6 Å². The van der Waals surface area contributed by atoms with Crippen LogP contribution in [-0.2, 0) is 47.9 Å². The van der Waals surface area contributed by atoms with Crippen LogP contribution in [0.4, 0.5) is 10.5 Å². The Balaban J connectivity index is 2.00. The van der Waals surface area contributed by atoms with Crippen molar-refractivity contribution in [3.63, 3.8) is 0 Å². The first-order chi connectivity index (χ1) is 25.0. The minimum atomic E-state index is -1.46. The highest BCUT2D eigenvalue weighted by molar-refractivity contribution is 6.03. The van der Waals surface area contributed by atoms with E-state index < -0.39 is 78.0 Å². The molecule has 0 saturated carbocycles. The predicted octanol–water partition coefficient (Wildman–Crippen LogP) is 2.42. The quantitative estimate of drug-likeness (QED) is 0.0871. The number of esters is 1. The van der Waals surface area contributed by atoms with Gasteiger partial charge in [0.2, 0.25) is 11.8 Å². The third-order valence-corrected chi connectivity index (χ3v) is 8.62. The number of H-pyrrole nitrogens is 1. The Kier molecular flexibility index (Phi) is 15.5. The number of nitrogens with zero attached hydrogens (tertiary/aromatic N) is 2. The molecule has 0 radical (unpaired) electrons. The molecule has 0 fully saturated rings. The van der Waals surface area contributed by atoms with Gasteiger partial charge in [-0.15, -0.1) is 0 Å². The molecule has 1 aromatic heterocycles. The monoisotopic (exact) mass is 735 g/mol. The zero-order chi connectivity index (χ0) is 39.3. The Morgan fingerprint density at radius 2 is 1.58 bits per heavy atom. The van der Waals surface area contributed by atoms with Gasteiger partial charge in [-0.05, 0) is 56.4 Å². The molecular weight excluding hydrogens is 682 g/mol. The third-order valence-electron chi connectivity index (χ3n) is 8.62. The molecule has 4 amide bonds. The van der Waals surface area contributed by atoms with Gasteiger partial charge in [0.1, 0.15) is 23.7 Å². The topological polar surface area (TPSA) is 232 Å². The van der Waals surface area contributed by atoms with Gasteiger partial charge >= 0.3 is 12.1 Å². The maximum atomic E-state index is 14.7. The second-order valence-electron chi connectivity index (χ2n) is 14.1. The number of amides is 4. The smallest absolute Gasteiger partial charge is 0.408 e. The fraction of sp³-hybridized carbons (Fsp3) is 0.474. The minimum Gasteiger partial charge on any atom is -0.467 e. The molecule has 8 N–H and O–H groups in total. The lowest BCUT2D eigenvalue weighted by atomic mass is 9.94. The van der Waals surface area contributed by atoms with Crippen LogP contribution in [0.5, 0.6) is 0 Å². The molecule has 0 aliphatic heterocycles. The number of benzene rings is 2. The number of imide groups is 1. The summed E-state index contributed by atoms with van der Waals surface area (Å²) >= 11 is 0. The van der Waals surface area contributed by atoms with Gasteiger partial charge in [0, 0.05) is 36.5 Å². The molecule has 1 heterocycles. The highest BCUT2D eigenvalue weighted by atomic mass is 16.6. The van der Waals surface area contributed by atoms with Crippen molar-refractivity contribution >= 4 is 35.5 Å². The number of ether oxygens (including phenoxy) is 2. The number of alkyl carbamates (subject to hydrolysis) is 1. The number of aliphatic hydroxyl groups excluding tert-OH is 1. The molecule has 53 heavy (non-hydrogen) atoms. The molecule has 0 aliphatic carbocycles. The molecule has 1 unspecified atom stereocenters. The van der Waals surface area contributed by atoms with E-state index >= 15 is 0 Å². The number of nitrogens with one attached hydrogen (secondary N) is 3. The average molecular weight is 736 g/mol. The van der Waals surface area contributed by atoms with Crippen LogP contribution < -0.4 is 22.1 Å². The zero-order valence-electron chi connectivity index (χ0n) is 31.2. The Morgan fingerprint density at radius 1 is 0.943 bits per heavy atom. The summed E-state index contributed by atoms with van der Waals surface area (Å²) in [6.07, 6.45) is 0.375. The first-order valence-electron chi connectivity index (χ1n) is 17.6. The second-order valence-corrected chi connectivity index (χ2v) is 14.1. The number of hydrogen-bond acceptors (Lipinski definition) is 11. The number of methoxy groups -OCH3 is 1. The lowest BCUT2D eigenvalue weighted by Crippen LogP contribution is -2.61. The van der Waals surface area contributed by atoms with Crippen molar-refractivity contribution in [2.75, 3.05) is 12.8 Å². The number of imidazole rings is 1. The van der Waals surface area contributed by atoms with Crippen molar-refractivity contribution < 1.29 is 38.6 Å². The molecule has 0 saturated heterocycles. The number of carbonyl (C=O) groups excluding carboxylic acids is 5. The van der Waals surface area contributed by atoms with Gasteiger partial charge < -0.3 is 41.7 Å². The van der Waals surface area contributed by atoms with Gasteiger partial charge in [-0.3, -0.25) is 19.3 Å².